The number of rotatable bonds is 16. The number of aliphatic carboxylic acids is 1. The first-order valence-electron chi connectivity index (χ1n) is 13.3. The van der Waals surface area contributed by atoms with Gasteiger partial charge in [-0.2, -0.15) is 0 Å². The van der Waals surface area contributed by atoms with Crippen molar-refractivity contribution in [1.82, 2.24) is 39.2 Å². The molecule has 0 fully saturated rings. The predicted octanol–water partition coefficient (Wildman–Crippen LogP) is -4.24. The Balaban J connectivity index is 4.79. The van der Waals surface area contributed by atoms with Crippen molar-refractivity contribution in [2.75, 3.05) is 109 Å². The highest BCUT2D eigenvalue weighted by Crippen LogP contribution is 1.99. The van der Waals surface area contributed by atoms with E-state index in [1.807, 2.05) is 0 Å². The third kappa shape index (κ3) is 13.9. The van der Waals surface area contributed by atoms with Gasteiger partial charge in [0.2, 0.25) is 47.3 Å². The molecule has 0 aliphatic heterocycles. The van der Waals surface area contributed by atoms with Gasteiger partial charge in [-0.3, -0.25) is 43.2 Å². The van der Waals surface area contributed by atoms with Crippen LogP contribution in [0.2, 0.25) is 0 Å². The third-order valence-corrected chi connectivity index (χ3v) is 6.50. The standard InChI is InChI=1S/C26H44N8O10/c1-18(35)27(2)10-19(36)28(3)11-20(37)29(4)12-21(38)30(5)13-22(39)31(6)14-23(40)32(7)15-24(41)33(8)16-25(42)34(9)17-26(43)44/h10-17H2,1-9H3,(H,43,44). The van der Waals surface area contributed by atoms with E-state index in [1.165, 1.54) is 68.2 Å². The first kappa shape index (κ1) is 39.2. The molecule has 0 unspecified atom stereocenters. The first-order valence-corrected chi connectivity index (χ1v) is 13.3. The third-order valence-electron chi connectivity index (χ3n) is 6.50. The molecule has 0 rings (SSSR count). The lowest BCUT2D eigenvalue weighted by Gasteiger charge is -2.27. The van der Waals surface area contributed by atoms with Crippen LogP contribution in [0.3, 0.4) is 0 Å². The van der Waals surface area contributed by atoms with E-state index in [0.717, 1.165) is 34.3 Å². The van der Waals surface area contributed by atoms with Gasteiger partial charge in [0.1, 0.15) is 6.54 Å². The van der Waals surface area contributed by atoms with E-state index in [2.05, 4.69) is 0 Å². The second kappa shape index (κ2) is 18.0. The van der Waals surface area contributed by atoms with Gasteiger partial charge in [0.05, 0.1) is 45.8 Å². The maximum atomic E-state index is 12.6. The summed E-state index contributed by atoms with van der Waals surface area (Å²) in [5.74, 6) is -5.47. The Morgan fingerprint density at radius 3 is 0.659 bits per heavy atom. The van der Waals surface area contributed by atoms with Crippen molar-refractivity contribution in [2.45, 2.75) is 6.92 Å². The van der Waals surface area contributed by atoms with Crippen molar-refractivity contribution in [1.29, 1.82) is 0 Å². The Bertz CT molecular complexity index is 1130. The molecule has 1 N–H and O–H groups in total. The number of carboxylic acid groups (broad SMARTS) is 1. The summed E-state index contributed by atoms with van der Waals surface area (Å²) >= 11 is 0. The van der Waals surface area contributed by atoms with Crippen LogP contribution in [0.1, 0.15) is 6.92 Å². The van der Waals surface area contributed by atoms with Crippen LogP contribution < -0.4 is 0 Å². The number of likely N-dealkylation sites (N-methyl/N-ethyl adjacent to an activating group) is 8. The minimum absolute atomic E-state index is 0.208. The fourth-order valence-corrected chi connectivity index (χ4v) is 3.20. The molecule has 0 aliphatic carbocycles. The van der Waals surface area contributed by atoms with E-state index >= 15 is 0 Å². The van der Waals surface area contributed by atoms with Crippen molar-refractivity contribution < 1.29 is 48.3 Å². The first-order chi connectivity index (χ1) is 20.2. The number of hydrogen-bond acceptors (Lipinski definition) is 9. The van der Waals surface area contributed by atoms with Crippen LogP contribution >= 0.6 is 0 Å². The van der Waals surface area contributed by atoms with Gasteiger partial charge in [-0.25, -0.2) is 0 Å². The molecule has 0 spiro atoms. The highest BCUT2D eigenvalue weighted by Gasteiger charge is 2.25. The number of carbonyl (C=O) groups excluding carboxylic acids is 8. The maximum Gasteiger partial charge on any atom is 0.323 e. The summed E-state index contributed by atoms with van der Waals surface area (Å²) in [7, 11) is 10.8. The van der Waals surface area contributed by atoms with E-state index in [0.29, 0.717) is 0 Å². The molecule has 248 valence electrons. The van der Waals surface area contributed by atoms with E-state index in [-0.39, 0.29) is 25.5 Å². The smallest absolute Gasteiger partial charge is 0.323 e. The van der Waals surface area contributed by atoms with Crippen LogP contribution in [0, 0.1) is 0 Å². The van der Waals surface area contributed by atoms with Gasteiger partial charge in [0.15, 0.2) is 0 Å². The van der Waals surface area contributed by atoms with Crippen LogP contribution in [0.15, 0.2) is 0 Å². The van der Waals surface area contributed by atoms with Crippen LogP contribution in [-0.4, -0.2) is 206 Å². The van der Waals surface area contributed by atoms with Crippen LogP contribution in [0.5, 0.6) is 0 Å². The van der Waals surface area contributed by atoms with Crippen molar-refractivity contribution >= 4 is 53.2 Å². The lowest BCUT2D eigenvalue weighted by Crippen LogP contribution is -2.49. The summed E-state index contributed by atoms with van der Waals surface area (Å²) < 4.78 is 0. The summed E-state index contributed by atoms with van der Waals surface area (Å²) in [6, 6.07) is 0. The summed E-state index contributed by atoms with van der Waals surface area (Å²) in [4.78, 5) is 118. The molecule has 0 aromatic carbocycles. The van der Waals surface area contributed by atoms with Gasteiger partial charge >= 0.3 is 5.97 Å². The van der Waals surface area contributed by atoms with E-state index in [1.54, 1.807) is 0 Å². The Kier molecular flexibility index (Phi) is 16.1. The molecule has 0 heterocycles. The van der Waals surface area contributed by atoms with Crippen LogP contribution in [0.25, 0.3) is 0 Å². The molecule has 0 atom stereocenters. The van der Waals surface area contributed by atoms with E-state index in [4.69, 9.17) is 5.11 Å². The molecule has 44 heavy (non-hydrogen) atoms. The SMILES string of the molecule is CC(=O)N(C)CC(=O)N(C)CC(=O)N(C)CC(=O)N(C)CC(=O)N(C)CC(=O)N(C)CC(=O)N(C)CC(=O)N(C)CC(=O)O. The molecular formula is C26H44N8O10. The largest absolute Gasteiger partial charge is 0.480 e. The highest BCUT2D eigenvalue weighted by atomic mass is 16.4. The highest BCUT2D eigenvalue weighted by molar-refractivity contribution is 5.93. The minimum atomic E-state index is -1.21. The van der Waals surface area contributed by atoms with Crippen LogP contribution in [0.4, 0.5) is 0 Å². The molecule has 0 saturated carbocycles. The maximum absolute atomic E-state index is 12.6. The summed E-state index contributed by atoms with van der Waals surface area (Å²) in [5, 5.41) is 8.77. The zero-order valence-electron chi connectivity index (χ0n) is 26.9. The monoisotopic (exact) mass is 628 g/mol. The fraction of sp³-hybridized carbons (Fsp3) is 0.654. The van der Waals surface area contributed by atoms with Crippen molar-refractivity contribution in [2.24, 2.45) is 0 Å². The van der Waals surface area contributed by atoms with Gasteiger partial charge in [0.25, 0.3) is 0 Å². The number of carbonyl (C=O) groups is 9. The van der Waals surface area contributed by atoms with Gasteiger partial charge < -0.3 is 44.3 Å². The lowest BCUT2D eigenvalue weighted by molar-refractivity contribution is -0.147. The van der Waals surface area contributed by atoms with Gasteiger partial charge in [0, 0.05) is 63.3 Å². The molecule has 0 radical (unpaired) electrons. The number of hydrogen-bond donors (Lipinski definition) is 1. The van der Waals surface area contributed by atoms with E-state index in [9.17, 15) is 43.2 Å². The van der Waals surface area contributed by atoms with Crippen molar-refractivity contribution in [3.05, 3.63) is 0 Å². The molecule has 0 aromatic rings. The number of nitrogens with zero attached hydrogens (tertiary/aromatic N) is 8. The van der Waals surface area contributed by atoms with E-state index < -0.39 is 80.0 Å². The predicted molar refractivity (Wildman–Crippen MR) is 154 cm³/mol. The average Bonchev–Trinajstić information content (AvgIpc) is 2.91. The molecule has 8 amide bonds. The quantitative estimate of drug-likeness (QED) is 0.175. The number of carboxylic acids is 1. The fourth-order valence-electron chi connectivity index (χ4n) is 3.20. The molecule has 0 aliphatic rings. The molecule has 0 saturated heterocycles. The van der Waals surface area contributed by atoms with Gasteiger partial charge in [-0.1, -0.05) is 0 Å². The summed E-state index contributed by atoms with van der Waals surface area (Å²) in [5.41, 5.74) is 0. The van der Waals surface area contributed by atoms with Gasteiger partial charge in [-0.05, 0) is 0 Å². The molecule has 0 aromatic heterocycles. The Morgan fingerprint density at radius 1 is 0.341 bits per heavy atom. The lowest BCUT2D eigenvalue weighted by atomic mass is 10.3. The minimum Gasteiger partial charge on any atom is -0.480 e. The summed E-state index contributed by atoms with van der Waals surface area (Å²) in [6.45, 7) is -1.75. The Morgan fingerprint density at radius 2 is 0.500 bits per heavy atom. The topological polar surface area (TPSA) is 200 Å². The van der Waals surface area contributed by atoms with Crippen molar-refractivity contribution in [3.63, 3.8) is 0 Å². The summed E-state index contributed by atoms with van der Waals surface area (Å²) in [6.07, 6.45) is 0. The molecule has 0 bridgehead atoms. The normalized spacial score (nSPS) is 10.2. The Hall–Kier alpha value is -4.77. The zero-order chi connectivity index (χ0) is 34.5. The van der Waals surface area contributed by atoms with Crippen LogP contribution in [-0.2, 0) is 43.2 Å². The second-order valence-corrected chi connectivity index (χ2v) is 10.5. The number of amides is 8. The average molecular weight is 629 g/mol. The molecule has 18 nitrogen and oxygen atoms in total. The zero-order valence-corrected chi connectivity index (χ0v) is 26.9. The molecular weight excluding hydrogens is 584 g/mol. The Labute approximate surface area is 256 Å². The second-order valence-electron chi connectivity index (χ2n) is 10.5. The van der Waals surface area contributed by atoms with Gasteiger partial charge in [-0.15, -0.1) is 0 Å². The van der Waals surface area contributed by atoms with Crippen molar-refractivity contribution in [3.8, 4) is 0 Å². The molecule has 18 heteroatoms.